The van der Waals surface area contributed by atoms with Crippen LogP contribution < -0.4 is 10.1 Å². The summed E-state index contributed by atoms with van der Waals surface area (Å²) in [6, 6.07) is 5.38. The largest absolute Gasteiger partial charge is 0.489 e. The summed E-state index contributed by atoms with van der Waals surface area (Å²) in [4.78, 5) is 37.6. The quantitative estimate of drug-likeness (QED) is 0.495. The minimum Gasteiger partial charge on any atom is -0.489 e. The van der Waals surface area contributed by atoms with E-state index in [1.807, 2.05) is 13.0 Å². The van der Waals surface area contributed by atoms with Crippen LogP contribution in [0.4, 0.5) is 4.79 Å². The van der Waals surface area contributed by atoms with Gasteiger partial charge in [0.1, 0.15) is 18.9 Å². The SMILES string of the molecule is C=CCOc1ccc(Br)cc1/C=C1\SC(=O)N(CC(=O)NCCC)C1=O. The van der Waals surface area contributed by atoms with Gasteiger partial charge in [0.05, 0.1) is 4.91 Å². The van der Waals surface area contributed by atoms with Crippen molar-refractivity contribution < 1.29 is 19.1 Å². The van der Waals surface area contributed by atoms with Gasteiger partial charge in [0, 0.05) is 16.6 Å². The fourth-order valence-electron chi connectivity index (χ4n) is 2.15. The first kappa shape index (κ1) is 20.3. The van der Waals surface area contributed by atoms with Gasteiger partial charge in [-0.1, -0.05) is 35.5 Å². The third kappa shape index (κ3) is 5.22. The van der Waals surface area contributed by atoms with E-state index < -0.39 is 11.1 Å². The Hall–Kier alpha value is -2.06. The van der Waals surface area contributed by atoms with Crippen molar-refractivity contribution >= 4 is 50.8 Å². The fourth-order valence-corrected chi connectivity index (χ4v) is 3.36. The van der Waals surface area contributed by atoms with Gasteiger partial charge in [-0.25, -0.2) is 0 Å². The molecule has 0 radical (unpaired) electrons. The zero-order valence-corrected chi connectivity index (χ0v) is 16.7. The van der Waals surface area contributed by atoms with Crippen molar-refractivity contribution in [2.45, 2.75) is 13.3 Å². The van der Waals surface area contributed by atoms with Crippen LogP contribution in [0.2, 0.25) is 0 Å². The predicted octanol–water partition coefficient (Wildman–Crippen LogP) is 3.58. The van der Waals surface area contributed by atoms with Gasteiger partial charge in [0.15, 0.2) is 0 Å². The van der Waals surface area contributed by atoms with Crippen LogP contribution in [-0.4, -0.2) is 41.6 Å². The molecular formula is C18H19BrN2O4S. The summed E-state index contributed by atoms with van der Waals surface area (Å²) in [7, 11) is 0. The summed E-state index contributed by atoms with van der Waals surface area (Å²) in [6.07, 6.45) is 4.00. The fraction of sp³-hybridized carbons (Fsp3) is 0.278. The average molecular weight is 439 g/mol. The molecule has 0 saturated carbocycles. The van der Waals surface area contributed by atoms with Crippen LogP contribution in [0.5, 0.6) is 5.75 Å². The van der Waals surface area contributed by atoms with E-state index in [9.17, 15) is 14.4 Å². The van der Waals surface area contributed by atoms with Gasteiger partial charge in [-0.15, -0.1) is 0 Å². The van der Waals surface area contributed by atoms with Gasteiger partial charge in [0.25, 0.3) is 11.1 Å². The van der Waals surface area contributed by atoms with Crippen molar-refractivity contribution in [1.29, 1.82) is 0 Å². The van der Waals surface area contributed by atoms with Crippen LogP contribution in [0.25, 0.3) is 6.08 Å². The van der Waals surface area contributed by atoms with Crippen molar-refractivity contribution in [2.24, 2.45) is 0 Å². The maximum absolute atomic E-state index is 12.5. The number of halogens is 1. The highest BCUT2D eigenvalue weighted by Crippen LogP contribution is 2.34. The number of hydrogen-bond acceptors (Lipinski definition) is 5. The van der Waals surface area contributed by atoms with Gasteiger partial charge < -0.3 is 10.1 Å². The number of ether oxygens (including phenoxy) is 1. The molecule has 1 saturated heterocycles. The number of rotatable bonds is 8. The molecular weight excluding hydrogens is 420 g/mol. The Morgan fingerprint density at radius 1 is 1.42 bits per heavy atom. The highest BCUT2D eigenvalue weighted by molar-refractivity contribution is 9.10. The van der Waals surface area contributed by atoms with Crippen LogP contribution in [0.15, 0.2) is 40.2 Å². The smallest absolute Gasteiger partial charge is 0.294 e. The molecule has 1 heterocycles. The third-order valence-corrected chi connectivity index (χ3v) is 4.76. The molecule has 0 bridgehead atoms. The first-order valence-corrected chi connectivity index (χ1v) is 9.62. The minimum absolute atomic E-state index is 0.250. The molecule has 2 rings (SSSR count). The summed E-state index contributed by atoms with van der Waals surface area (Å²) in [5, 5.41) is 2.19. The highest BCUT2D eigenvalue weighted by atomic mass is 79.9. The summed E-state index contributed by atoms with van der Waals surface area (Å²) < 4.78 is 6.40. The monoisotopic (exact) mass is 438 g/mol. The Morgan fingerprint density at radius 3 is 2.88 bits per heavy atom. The van der Waals surface area contributed by atoms with E-state index in [-0.39, 0.29) is 17.4 Å². The maximum Gasteiger partial charge on any atom is 0.294 e. The molecule has 6 nitrogen and oxygen atoms in total. The maximum atomic E-state index is 12.5. The molecule has 3 amide bonds. The van der Waals surface area contributed by atoms with Crippen LogP contribution >= 0.6 is 27.7 Å². The summed E-state index contributed by atoms with van der Waals surface area (Å²) in [5.41, 5.74) is 0.655. The molecule has 0 atom stereocenters. The molecule has 1 N–H and O–H groups in total. The Kier molecular flexibility index (Phi) is 7.47. The predicted molar refractivity (Wildman–Crippen MR) is 106 cm³/mol. The average Bonchev–Trinajstić information content (AvgIpc) is 2.87. The molecule has 8 heteroatoms. The summed E-state index contributed by atoms with van der Waals surface area (Å²) in [6.45, 7) is 6.08. The molecule has 1 aliphatic heterocycles. The van der Waals surface area contributed by atoms with Crippen LogP contribution in [0, 0.1) is 0 Å². The highest BCUT2D eigenvalue weighted by Gasteiger charge is 2.36. The lowest BCUT2D eigenvalue weighted by atomic mass is 10.2. The van der Waals surface area contributed by atoms with Crippen molar-refractivity contribution in [3.63, 3.8) is 0 Å². The van der Waals surface area contributed by atoms with E-state index in [4.69, 9.17) is 4.74 Å². The summed E-state index contributed by atoms with van der Waals surface area (Å²) >= 11 is 4.19. The van der Waals surface area contributed by atoms with E-state index in [0.717, 1.165) is 27.6 Å². The first-order valence-electron chi connectivity index (χ1n) is 8.01. The first-order chi connectivity index (χ1) is 12.5. The van der Waals surface area contributed by atoms with Crippen molar-refractivity contribution in [3.05, 3.63) is 45.8 Å². The zero-order valence-electron chi connectivity index (χ0n) is 14.3. The number of carbonyl (C=O) groups excluding carboxylic acids is 3. The molecule has 1 aliphatic rings. The molecule has 1 aromatic rings. The Balaban J connectivity index is 2.20. The molecule has 0 aromatic heterocycles. The van der Waals surface area contributed by atoms with Crippen molar-refractivity contribution in [2.75, 3.05) is 19.7 Å². The number of amides is 3. The number of imide groups is 1. The van der Waals surface area contributed by atoms with E-state index in [0.29, 0.717) is 24.5 Å². The van der Waals surface area contributed by atoms with E-state index in [1.54, 1.807) is 24.3 Å². The normalized spacial score (nSPS) is 15.5. The topological polar surface area (TPSA) is 75.7 Å². The van der Waals surface area contributed by atoms with Crippen LogP contribution in [0.3, 0.4) is 0 Å². The number of thioether (sulfide) groups is 1. The van der Waals surface area contributed by atoms with Gasteiger partial charge in [-0.2, -0.15) is 0 Å². The van der Waals surface area contributed by atoms with Crippen molar-refractivity contribution in [3.8, 4) is 5.75 Å². The molecule has 26 heavy (non-hydrogen) atoms. The molecule has 0 unspecified atom stereocenters. The zero-order chi connectivity index (χ0) is 19.1. The van der Waals surface area contributed by atoms with E-state index in [1.165, 1.54) is 0 Å². The lowest BCUT2D eigenvalue weighted by Crippen LogP contribution is -2.39. The minimum atomic E-state index is -0.485. The van der Waals surface area contributed by atoms with Crippen molar-refractivity contribution in [1.82, 2.24) is 10.2 Å². The Labute approximate surface area is 164 Å². The van der Waals surface area contributed by atoms with Gasteiger partial charge in [-0.05, 0) is 42.5 Å². The van der Waals surface area contributed by atoms with E-state index in [2.05, 4.69) is 27.8 Å². The Morgan fingerprint density at radius 2 is 2.19 bits per heavy atom. The second kappa shape index (κ2) is 9.59. The lowest BCUT2D eigenvalue weighted by molar-refractivity contribution is -0.129. The second-order valence-corrected chi connectivity index (χ2v) is 7.31. The molecule has 1 aromatic carbocycles. The molecule has 138 valence electrons. The van der Waals surface area contributed by atoms with Crippen LogP contribution in [0.1, 0.15) is 18.9 Å². The van der Waals surface area contributed by atoms with Crippen LogP contribution in [-0.2, 0) is 9.59 Å². The van der Waals surface area contributed by atoms with E-state index >= 15 is 0 Å². The van der Waals surface area contributed by atoms with Gasteiger partial charge >= 0.3 is 0 Å². The Bertz CT molecular complexity index is 764. The second-order valence-electron chi connectivity index (χ2n) is 5.40. The van der Waals surface area contributed by atoms with Gasteiger partial charge in [-0.3, -0.25) is 19.3 Å². The molecule has 1 fully saturated rings. The third-order valence-electron chi connectivity index (χ3n) is 3.36. The number of benzene rings is 1. The summed E-state index contributed by atoms with van der Waals surface area (Å²) in [5.74, 6) is -0.269. The number of hydrogen-bond donors (Lipinski definition) is 1. The lowest BCUT2D eigenvalue weighted by Gasteiger charge is -2.12. The molecule has 0 aliphatic carbocycles. The number of nitrogens with one attached hydrogen (secondary N) is 1. The standard InChI is InChI=1S/C18H19BrN2O4S/c1-3-7-20-16(22)11-21-17(23)15(26-18(21)24)10-12-9-13(19)5-6-14(12)25-8-4-2/h4-6,9-10H,2-3,7-8,11H2,1H3,(H,20,22)/b15-10-. The number of nitrogens with zero attached hydrogens (tertiary/aromatic N) is 1. The number of carbonyl (C=O) groups is 3. The molecule has 0 spiro atoms. The van der Waals surface area contributed by atoms with Gasteiger partial charge in [0.2, 0.25) is 5.91 Å².